The van der Waals surface area contributed by atoms with Crippen LogP contribution in [0.3, 0.4) is 0 Å². The largest absolute Gasteiger partial charge is 0.358 e. The number of rotatable bonds is 4. The van der Waals surface area contributed by atoms with Gasteiger partial charge in [-0.2, -0.15) is 0 Å². The van der Waals surface area contributed by atoms with Gasteiger partial charge in [0.15, 0.2) is 5.65 Å². The molecule has 1 aliphatic heterocycles. The summed E-state index contributed by atoms with van der Waals surface area (Å²) in [6.07, 6.45) is 7.63. The van der Waals surface area contributed by atoms with E-state index in [1.54, 1.807) is 6.33 Å². The third kappa shape index (κ3) is 2.79. The van der Waals surface area contributed by atoms with E-state index in [1.165, 1.54) is 12.0 Å². The van der Waals surface area contributed by atoms with Crippen molar-refractivity contribution in [2.24, 2.45) is 5.73 Å². The summed E-state index contributed by atoms with van der Waals surface area (Å²) in [5, 5.41) is 0. The summed E-state index contributed by atoms with van der Waals surface area (Å²) in [4.78, 5) is 13.5. The summed E-state index contributed by atoms with van der Waals surface area (Å²) in [5.74, 6) is 0. The highest BCUT2D eigenvalue weighted by atomic mass is 16.5. The minimum absolute atomic E-state index is 0.0263. The number of hydrogen-bond donors (Lipinski definition) is 1. The minimum atomic E-state index is 0.0263. The van der Waals surface area contributed by atoms with Crippen molar-refractivity contribution in [2.45, 2.75) is 31.9 Å². The van der Waals surface area contributed by atoms with Crippen LogP contribution in [-0.4, -0.2) is 32.7 Å². The normalized spacial score (nSPS) is 18.1. The fourth-order valence-electron chi connectivity index (χ4n) is 3.21. The molecule has 0 amide bonds. The second kappa shape index (κ2) is 6.67. The molecule has 2 N–H and O–H groups in total. The average Bonchev–Trinajstić information content (AvgIpc) is 3.08. The Bertz CT molecular complexity index is 821. The molecule has 0 spiro atoms. The molecular weight excluding hydrogens is 302 g/mol. The molecule has 124 valence electrons. The summed E-state index contributed by atoms with van der Waals surface area (Å²) in [6.45, 7) is 1.45. The number of nitrogens with two attached hydrogens (primary N) is 1. The summed E-state index contributed by atoms with van der Waals surface area (Å²) in [6, 6.07) is 8.33. The van der Waals surface area contributed by atoms with Crippen molar-refractivity contribution in [3.63, 3.8) is 0 Å². The maximum atomic E-state index is 5.87. The van der Waals surface area contributed by atoms with Gasteiger partial charge in [-0.05, 0) is 37.8 Å². The fourth-order valence-corrected chi connectivity index (χ4v) is 3.21. The van der Waals surface area contributed by atoms with Gasteiger partial charge in [-0.1, -0.05) is 24.3 Å². The number of hydrogen-bond acceptors (Lipinski definition) is 5. The molecule has 6 nitrogen and oxygen atoms in total. The predicted octanol–water partition coefficient (Wildman–Crippen LogP) is 2.69. The van der Waals surface area contributed by atoms with Gasteiger partial charge in [0.25, 0.3) is 0 Å². The molecule has 1 fully saturated rings. The number of nitrogens with zero attached hydrogens (tertiary/aromatic N) is 4. The lowest BCUT2D eigenvalue weighted by Crippen LogP contribution is -2.17. The molecule has 0 radical (unpaired) electrons. The van der Waals surface area contributed by atoms with E-state index in [9.17, 15) is 0 Å². The Hall–Kier alpha value is -2.31. The lowest BCUT2D eigenvalue weighted by Gasteiger charge is -2.23. The Morgan fingerprint density at radius 3 is 2.75 bits per heavy atom. The monoisotopic (exact) mass is 323 g/mol. The topological polar surface area (TPSA) is 78.9 Å². The van der Waals surface area contributed by atoms with E-state index in [0.29, 0.717) is 6.54 Å². The van der Waals surface area contributed by atoms with Gasteiger partial charge in [0, 0.05) is 12.2 Å². The van der Waals surface area contributed by atoms with Crippen LogP contribution in [0.2, 0.25) is 0 Å². The Morgan fingerprint density at radius 1 is 1.12 bits per heavy atom. The van der Waals surface area contributed by atoms with Crippen molar-refractivity contribution in [2.75, 3.05) is 13.2 Å². The van der Waals surface area contributed by atoms with E-state index >= 15 is 0 Å². The molecule has 4 rings (SSSR count). The predicted molar refractivity (Wildman–Crippen MR) is 92.4 cm³/mol. The molecule has 3 aromatic rings. The van der Waals surface area contributed by atoms with Crippen LogP contribution >= 0.6 is 0 Å². The Balaban J connectivity index is 1.72. The molecule has 0 saturated carbocycles. The summed E-state index contributed by atoms with van der Waals surface area (Å²) in [7, 11) is 0. The van der Waals surface area contributed by atoms with Gasteiger partial charge in [0.05, 0.1) is 6.33 Å². The molecule has 24 heavy (non-hydrogen) atoms. The van der Waals surface area contributed by atoms with Crippen LogP contribution < -0.4 is 5.73 Å². The van der Waals surface area contributed by atoms with Gasteiger partial charge < -0.3 is 10.5 Å². The second-order valence-electron chi connectivity index (χ2n) is 6.10. The maximum Gasteiger partial charge on any atom is 0.165 e. The number of aromatic nitrogens is 4. The molecule has 6 heteroatoms. The maximum absolute atomic E-state index is 5.87. The average molecular weight is 323 g/mol. The van der Waals surface area contributed by atoms with Crippen LogP contribution in [0.25, 0.3) is 22.4 Å². The summed E-state index contributed by atoms with van der Waals surface area (Å²) in [5.41, 5.74) is 10.4. The van der Waals surface area contributed by atoms with Gasteiger partial charge in [-0.3, -0.25) is 4.57 Å². The third-order valence-corrected chi connectivity index (χ3v) is 4.49. The van der Waals surface area contributed by atoms with Crippen LogP contribution in [0.5, 0.6) is 0 Å². The standard InChI is InChI=1S/C18H21N5O/c19-9-8-13-4-6-14(7-5-13)16-17-18(21-11-20-16)23(12-22-17)15-3-1-2-10-24-15/h4-7,11-12,15H,1-3,8-10,19H2. The molecule has 1 aromatic carbocycles. The lowest BCUT2D eigenvalue weighted by atomic mass is 10.1. The van der Waals surface area contributed by atoms with Gasteiger partial charge in [0.1, 0.15) is 23.8 Å². The van der Waals surface area contributed by atoms with Crippen LogP contribution in [-0.2, 0) is 11.2 Å². The Kier molecular flexibility index (Phi) is 4.23. The third-order valence-electron chi connectivity index (χ3n) is 4.49. The zero-order valence-electron chi connectivity index (χ0n) is 13.6. The fraction of sp³-hybridized carbons (Fsp3) is 0.389. The van der Waals surface area contributed by atoms with Crippen molar-refractivity contribution in [3.05, 3.63) is 42.5 Å². The first-order valence-electron chi connectivity index (χ1n) is 8.45. The molecule has 0 bridgehead atoms. The van der Waals surface area contributed by atoms with Crippen LogP contribution in [0.1, 0.15) is 31.1 Å². The van der Waals surface area contributed by atoms with E-state index in [1.807, 2.05) is 10.9 Å². The van der Waals surface area contributed by atoms with E-state index in [2.05, 4.69) is 39.2 Å². The van der Waals surface area contributed by atoms with E-state index < -0.39 is 0 Å². The van der Waals surface area contributed by atoms with E-state index in [-0.39, 0.29) is 6.23 Å². The molecule has 3 heterocycles. The Morgan fingerprint density at radius 2 is 2.00 bits per heavy atom. The highest BCUT2D eigenvalue weighted by Gasteiger charge is 2.20. The van der Waals surface area contributed by atoms with Crippen molar-refractivity contribution in [1.82, 2.24) is 19.5 Å². The van der Waals surface area contributed by atoms with Gasteiger partial charge in [-0.15, -0.1) is 0 Å². The number of ether oxygens (including phenoxy) is 1. The molecule has 2 aromatic heterocycles. The number of imidazole rings is 1. The highest BCUT2D eigenvalue weighted by molar-refractivity contribution is 5.87. The zero-order chi connectivity index (χ0) is 16.4. The zero-order valence-corrected chi connectivity index (χ0v) is 13.6. The van der Waals surface area contributed by atoms with Crippen molar-refractivity contribution >= 4 is 11.2 Å². The first kappa shape index (κ1) is 15.2. The molecule has 0 aliphatic carbocycles. The van der Waals surface area contributed by atoms with Crippen molar-refractivity contribution in [1.29, 1.82) is 0 Å². The molecule has 1 aliphatic rings. The van der Waals surface area contributed by atoms with Crippen molar-refractivity contribution in [3.8, 4) is 11.3 Å². The first-order chi connectivity index (χ1) is 11.9. The van der Waals surface area contributed by atoms with Gasteiger partial charge in [0.2, 0.25) is 0 Å². The molecular formula is C18H21N5O. The SMILES string of the molecule is NCCc1ccc(-c2ncnc3c2ncn3C2CCCCO2)cc1. The van der Waals surface area contributed by atoms with E-state index in [4.69, 9.17) is 10.5 Å². The van der Waals surface area contributed by atoms with Gasteiger partial charge >= 0.3 is 0 Å². The van der Waals surface area contributed by atoms with Crippen LogP contribution in [0.4, 0.5) is 0 Å². The van der Waals surface area contributed by atoms with E-state index in [0.717, 1.165) is 48.3 Å². The van der Waals surface area contributed by atoms with Gasteiger partial charge in [-0.25, -0.2) is 15.0 Å². The smallest absolute Gasteiger partial charge is 0.165 e. The van der Waals surface area contributed by atoms with Crippen LogP contribution in [0, 0.1) is 0 Å². The Labute approximate surface area is 140 Å². The quantitative estimate of drug-likeness (QED) is 0.798. The van der Waals surface area contributed by atoms with Crippen LogP contribution in [0.15, 0.2) is 36.9 Å². The highest BCUT2D eigenvalue weighted by Crippen LogP contribution is 2.29. The molecule has 1 atom stereocenters. The minimum Gasteiger partial charge on any atom is -0.358 e. The molecule has 1 unspecified atom stereocenters. The molecule has 1 saturated heterocycles. The number of fused-ring (bicyclic) bond motifs is 1. The summed E-state index contributed by atoms with van der Waals surface area (Å²) < 4.78 is 7.90. The number of benzene rings is 1. The lowest BCUT2D eigenvalue weighted by molar-refractivity contribution is -0.0298. The summed E-state index contributed by atoms with van der Waals surface area (Å²) >= 11 is 0. The second-order valence-corrected chi connectivity index (χ2v) is 6.10. The van der Waals surface area contributed by atoms with Crippen molar-refractivity contribution < 1.29 is 4.74 Å². The first-order valence-corrected chi connectivity index (χ1v) is 8.45.